The molecule has 40 heavy (non-hydrogen) atoms. The Morgan fingerprint density at radius 3 is 2.38 bits per heavy atom. The number of nitrogens with one attached hydrogen (secondary N) is 1. The van der Waals surface area contributed by atoms with Gasteiger partial charge in [-0.3, -0.25) is 9.78 Å². The van der Waals surface area contributed by atoms with Gasteiger partial charge in [0, 0.05) is 56.1 Å². The molecule has 0 atom stereocenters. The molecule has 0 radical (unpaired) electrons. The number of anilines is 1. The molecular formula is C30H34N8O2. The molecule has 4 heterocycles. The Kier molecular flexibility index (Phi) is 7.76. The maximum Gasteiger partial charge on any atom is 0.225 e. The van der Waals surface area contributed by atoms with Crippen molar-refractivity contribution in [3.8, 4) is 16.9 Å². The van der Waals surface area contributed by atoms with E-state index >= 15 is 0 Å². The summed E-state index contributed by atoms with van der Waals surface area (Å²) in [6.07, 6.45) is 12.5. The predicted molar refractivity (Wildman–Crippen MR) is 151 cm³/mol. The molecule has 2 fully saturated rings. The van der Waals surface area contributed by atoms with E-state index in [4.69, 9.17) is 0 Å². The maximum atomic E-state index is 12.9. The third kappa shape index (κ3) is 6.17. The number of piperidine rings is 1. The van der Waals surface area contributed by atoms with E-state index in [-0.39, 0.29) is 24.0 Å². The number of benzene rings is 1. The monoisotopic (exact) mass is 538 g/mol. The largest absolute Gasteiger partial charge is 0.393 e. The number of aliphatic hydroxyl groups excluding tert-OH is 1. The average molecular weight is 539 g/mol. The van der Waals surface area contributed by atoms with Crippen molar-refractivity contribution in [1.82, 2.24) is 34.8 Å². The zero-order chi connectivity index (χ0) is 27.3. The van der Waals surface area contributed by atoms with E-state index in [9.17, 15) is 9.90 Å². The van der Waals surface area contributed by atoms with Crippen molar-refractivity contribution in [1.29, 1.82) is 0 Å². The molecule has 1 aliphatic heterocycles. The summed E-state index contributed by atoms with van der Waals surface area (Å²) in [4.78, 5) is 28.0. The third-order valence-electron chi connectivity index (χ3n) is 7.96. The van der Waals surface area contributed by atoms with Crippen molar-refractivity contribution in [2.45, 2.75) is 57.1 Å². The lowest BCUT2D eigenvalue weighted by molar-refractivity contribution is -0.138. The van der Waals surface area contributed by atoms with Crippen LogP contribution in [0.25, 0.3) is 16.9 Å². The van der Waals surface area contributed by atoms with E-state index < -0.39 is 0 Å². The van der Waals surface area contributed by atoms with Crippen molar-refractivity contribution in [3.63, 3.8) is 0 Å². The number of aliphatic hydroxyl groups is 1. The average Bonchev–Trinajstić information content (AvgIpc) is 3.47. The maximum absolute atomic E-state index is 12.9. The van der Waals surface area contributed by atoms with Gasteiger partial charge in [0.05, 0.1) is 18.0 Å². The smallest absolute Gasteiger partial charge is 0.225 e. The molecule has 3 aromatic heterocycles. The van der Waals surface area contributed by atoms with Crippen LogP contribution in [-0.4, -0.2) is 71.1 Å². The minimum atomic E-state index is -0.264. The summed E-state index contributed by atoms with van der Waals surface area (Å²) < 4.78 is 1.68. The van der Waals surface area contributed by atoms with E-state index in [1.54, 1.807) is 23.3 Å². The second-order valence-corrected chi connectivity index (χ2v) is 10.8. The Bertz CT molecular complexity index is 1410. The van der Waals surface area contributed by atoms with Crippen LogP contribution >= 0.6 is 0 Å². The minimum Gasteiger partial charge on any atom is -0.393 e. The van der Waals surface area contributed by atoms with Gasteiger partial charge >= 0.3 is 0 Å². The van der Waals surface area contributed by atoms with Gasteiger partial charge < -0.3 is 15.3 Å². The highest BCUT2D eigenvalue weighted by molar-refractivity contribution is 5.79. The van der Waals surface area contributed by atoms with Gasteiger partial charge in [-0.25, -0.2) is 9.67 Å². The highest BCUT2D eigenvalue weighted by Crippen LogP contribution is 2.28. The van der Waals surface area contributed by atoms with Crippen LogP contribution in [0.2, 0.25) is 0 Å². The van der Waals surface area contributed by atoms with Crippen molar-refractivity contribution < 1.29 is 9.90 Å². The molecule has 4 aromatic rings. The molecule has 1 aromatic carbocycles. The number of pyridine rings is 1. The summed E-state index contributed by atoms with van der Waals surface area (Å²) in [6.45, 7) is 1.34. The standard InChI is InChI=1S/C30H34N8O2/c39-27-12-17-37(18-13-27)29(40)24-5-7-25(8-6-24)33-30-32-16-11-28(34-30)38-20-26(35-36-38)19-21-1-3-22(4-2-21)23-9-14-31-15-10-23/h1-4,9-11,14-16,20,24-25,27,39H,5-8,12-13,17-19H2,(H,32,33,34). The predicted octanol–water partition coefficient (Wildman–Crippen LogP) is 3.66. The van der Waals surface area contributed by atoms with Gasteiger partial charge in [-0.1, -0.05) is 29.5 Å². The number of hydrogen-bond acceptors (Lipinski definition) is 8. The summed E-state index contributed by atoms with van der Waals surface area (Å²) >= 11 is 0. The van der Waals surface area contributed by atoms with Crippen LogP contribution < -0.4 is 5.32 Å². The van der Waals surface area contributed by atoms with Crippen LogP contribution in [0.15, 0.2) is 67.3 Å². The fourth-order valence-electron chi connectivity index (χ4n) is 5.62. The van der Waals surface area contributed by atoms with Crippen molar-refractivity contribution in [2.24, 2.45) is 5.92 Å². The summed E-state index contributed by atoms with van der Waals surface area (Å²) in [5.41, 5.74) is 4.30. The Morgan fingerprint density at radius 2 is 1.62 bits per heavy atom. The van der Waals surface area contributed by atoms with Gasteiger partial charge in [0.2, 0.25) is 11.9 Å². The first-order valence-corrected chi connectivity index (χ1v) is 14.1. The van der Waals surface area contributed by atoms with Crippen LogP contribution in [0.3, 0.4) is 0 Å². The van der Waals surface area contributed by atoms with Crippen molar-refractivity contribution >= 4 is 11.9 Å². The summed E-state index contributed by atoms with van der Waals surface area (Å²) in [5, 5.41) is 21.8. The number of aromatic nitrogens is 6. The van der Waals surface area contributed by atoms with Crippen molar-refractivity contribution in [3.05, 3.63) is 78.5 Å². The lowest BCUT2D eigenvalue weighted by atomic mass is 9.85. The number of carbonyl (C=O) groups excluding carboxylic acids is 1. The highest BCUT2D eigenvalue weighted by atomic mass is 16.3. The number of likely N-dealkylation sites (tertiary alicyclic amines) is 1. The lowest BCUT2D eigenvalue weighted by Gasteiger charge is -2.35. The molecule has 10 heteroatoms. The molecule has 206 valence electrons. The summed E-state index contributed by atoms with van der Waals surface area (Å²) in [5.74, 6) is 1.53. The minimum absolute atomic E-state index is 0.0703. The van der Waals surface area contributed by atoms with Gasteiger partial charge in [-0.2, -0.15) is 4.98 Å². The second kappa shape index (κ2) is 11.9. The molecule has 1 aliphatic carbocycles. The van der Waals surface area contributed by atoms with E-state index in [0.29, 0.717) is 44.1 Å². The van der Waals surface area contributed by atoms with E-state index in [0.717, 1.165) is 48.1 Å². The van der Waals surface area contributed by atoms with Crippen LogP contribution in [0.1, 0.15) is 49.8 Å². The topological polar surface area (TPSA) is 122 Å². The van der Waals surface area contributed by atoms with Crippen LogP contribution in [0.5, 0.6) is 0 Å². The third-order valence-corrected chi connectivity index (χ3v) is 7.96. The molecule has 6 rings (SSSR count). The van der Waals surface area contributed by atoms with Gasteiger partial charge in [-0.15, -0.1) is 5.10 Å². The van der Waals surface area contributed by atoms with Crippen LogP contribution in [0.4, 0.5) is 5.95 Å². The van der Waals surface area contributed by atoms with Gasteiger partial charge in [-0.05, 0) is 67.3 Å². The number of nitrogens with zero attached hydrogens (tertiary/aromatic N) is 7. The Hall–Kier alpha value is -4.18. The molecule has 0 unspecified atom stereocenters. The SMILES string of the molecule is O=C(C1CCC(Nc2nccc(-n3cc(Cc4ccc(-c5ccncc5)cc4)nn3)n2)CC1)N1CCC(O)CC1. The first-order valence-electron chi connectivity index (χ1n) is 14.1. The first kappa shape index (κ1) is 26.1. The van der Waals surface area contributed by atoms with Crippen LogP contribution in [-0.2, 0) is 11.2 Å². The van der Waals surface area contributed by atoms with Gasteiger partial charge in [0.15, 0.2) is 5.82 Å². The summed E-state index contributed by atoms with van der Waals surface area (Å²) in [6, 6.07) is 14.5. The molecule has 10 nitrogen and oxygen atoms in total. The highest BCUT2D eigenvalue weighted by Gasteiger charge is 2.31. The number of carbonyl (C=O) groups is 1. The number of amides is 1. The van der Waals surface area contributed by atoms with E-state index in [1.165, 1.54) is 0 Å². The van der Waals surface area contributed by atoms with E-state index in [2.05, 4.69) is 54.8 Å². The molecule has 1 saturated carbocycles. The molecule has 1 amide bonds. The quantitative estimate of drug-likeness (QED) is 0.366. The number of rotatable bonds is 7. The summed E-state index contributed by atoms with van der Waals surface area (Å²) in [7, 11) is 0. The molecule has 0 bridgehead atoms. The molecular weight excluding hydrogens is 504 g/mol. The zero-order valence-electron chi connectivity index (χ0n) is 22.4. The van der Waals surface area contributed by atoms with Crippen molar-refractivity contribution in [2.75, 3.05) is 18.4 Å². The zero-order valence-corrected chi connectivity index (χ0v) is 22.4. The van der Waals surface area contributed by atoms with Gasteiger partial charge in [0.25, 0.3) is 0 Å². The fraction of sp³-hybridized carbons (Fsp3) is 0.400. The normalized spacial score (nSPS) is 19.9. The Labute approximate surface area is 233 Å². The number of hydrogen-bond donors (Lipinski definition) is 2. The second-order valence-electron chi connectivity index (χ2n) is 10.8. The van der Waals surface area contributed by atoms with E-state index in [1.807, 2.05) is 29.3 Å². The van der Waals surface area contributed by atoms with Crippen LogP contribution in [0, 0.1) is 5.92 Å². The fourth-order valence-corrected chi connectivity index (χ4v) is 5.62. The van der Waals surface area contributed by atoms with Gasteiger partial charge in [0.1, 0.15) is 0 Å². The molecule has 1 saturated heterocycles. The lowest BCUT2D eigenvalue weighted by Crippen LogP contribution is -2.44. The molecule has 2 aliphatic rings. The Morgan fingerprint density at radius 1 is 0.900 bits per heavy atom. The molecule has 0 spiro atoms. The Balaban J connectivity index is 1.03. The first-order chi connectivity index (χ1) is 19.6. The molecule has 2 N–H and O–H groups in total.